The summed E-state index contributed by atoms with van der Waals surface area (Å²) < 4.78 is 2.07. The highest BCUT2D eigenvalue weighted by molar-refractivity contribution is 5.50. The molecule has 0 aromatic carbocycles. The minimum Gasteiger partial charge on any atom is -0.356 e. The molecule has 1 aliphatic rings. The van der Waals surface area contributed by atoms with E-state index in [1.54, 1.807) is 0 Å². The lowest BCUT2D eigenvalue weighted by molar-refractivity contribution is 0.352. The Morgan fingerprint density at radius 1 is 1.19 bits per heavy atom. The van der Waals surface area contributed by atoms with Gasteiger partial charge in [0.05, 0.1) is 5.69 Å². The number of anilines is 1. The van der Waals surface area contributed by atoms with Gasteiger partial charge in [0.25, 0.3) is 0 Å². The van der Waals surface area contributed by atoms with Crippen molar-refractivity contribution >= 4 is 5.82 Å². The van der Waals surface area contributed by atoms with Crippen molar-refractivity contribution in [2.75, 3.05) is 18.0 Å². The fourth-order valence-corrected chi connectivity index (χ4v) is 3.48. The van der Waals surface area contributed by atoms with Gasteiger partial charge in [-0.1, -0.05) is 13.8 Å². The van der Waals surface area contributed by atoms with Crippen molar-refractivity contribution in [2.24, 2.45) is 18.9 Å². The Morgan fingerprint density at radius 3 is 2.29 bits per heavy atom. The molecule has 1 aliphatic heterocycles. The van der Waals surface area contributed by atoms with Crippen LogP contribution >= 0.6 is 0 Å². The first kappa shape index (κ1) is 16.3. The number of hydrogen-bond acceptors (Lipinski definition) is 3. The summed E-state index contributed by atoms with van der Waals surface area (Å²) in [6.07, 6.45) is 1.34. The monoisotopic (exact) mass is 292 g/mol. The zero-order valence-electron chi connectivity index (χ0n) is 14.8. The van der Waals surface area contributed by atoms with Gasteiger partial charge < -0.3 is 10.2 Å². The fraction of sp³-hybridized carbons (Fsp3) is 0.824. The lowest BCUT2D eigenvalue weighted by atomic mass is 9.91. The zero-order valence-corrected chi connectivity index (χ0v) is 14.8. The molecule has 21 heavy (non-hydrogen) atoms. The van der Waals surface area contributed by atoms with Gasteiger partial charge in [0.15, 0.2) is 0 Å². The summed E-state index contributed by atoms with van der Waals surface area (Å²) >= 11 is 0. The summed E-state index contributed by atoms with van der Waals surface area (Å²) in [7, 11) is 2.08. The van der Waals surface area contributed by atoms with Gasteiger partial charge in [-0.25, -0.2) is 0 Å². The third kappa shape index (κ3) is 4.00. The molecule has 1 aromatic rings. The van der Waals surface area contributed by atoms with Crippen LogP contribution in [0.2, 0.25) is 0 Å². The van der Waals surface area contributed by atoms with Gasteiger partial charge in [-0.2, -0.15) is 5.10 Å². The minimum atomic E-state index is 0.127. The highest BCUT2D eigenvalue weighted by Crippen LogP contribution is 2.30. The second kappa shape index (κ2) is 5.99. The van der Waals surface area contributed by atoms with Crippen LogP contribution in [0.15, 0.2) is 0 Å². The predicted molar refractivity (Wildman–Crippen MR) is 89.7 cm³/mol. The maximum atomic E-state index is 4.67. The first-order valence-corrected chi connectivity index (χ1v) is 8.20. The molecular formula is C17H32N4. The molecule has 1 N–H and O–H groups in total. The van der Waals surface area contributed by atoms with E-state index in [0.29, 0.717) is 0 Å². The van der Waals surface area contributed by atoms with Crippen LogP contribution in [0.4, 0.5) is 5.82 Å². The van der Waals surface area contributed by atoms with Crippen LogP contribution in [0.5, 0.6) is 0 Å². The van der Waals surface area contributed by atoms with E-state index in [-0.39, 0.29) is 5.54 Å². The number of aryl methyl sites for hydroxylation is 2. The molecule has 0 saturated carbocycles. The molecule has 1 aromatic heterocycles. The molecule has 4 heteroatoms. The average Bonchev–Trinajstić information content (AvgIpc) is 2.58. The SMILES string of the molecule is Cc1nn(C)c(N2CC(C)CC(C)C2)c1CNC(C)(C)C. The van der Waals surface area contributed by atoms with Crippen molar-refractivity contribution < 1.29 is 0 Å². The van der Waals surface area contributed by atoms with Gasteiger partial charge >= 0.3 is 0 Å². The molecule has 4 nitrogen and oxygen atoms in total. The van der Waals surface area contributed by atoms with Crippen molar-refractivity contribution in [3.05, 3.63) is 11.3 Å². The van der Waals surface area contributed by atoms with E-state index in [1.807, 2.05) is 0 Å². The van der Waals surface area contributed by atoms with Crippen LogP contribution in [0, 0.1) is 18.8 Å². The molecule has 0 aliphatic carbocycles. The summed E-state index contributed by atoms with van der Waals surface area (Å²) in [4.78, 5) is 2.54. The summed E-state index contributed by atoms with van der Waals surface area (Å²) in [6, 6.07) is 0. The van der Waals surface area contributed by atoms with E-state index in [1.165, 1.54) is 17.8 Å². The molecule has 2 unspecified atom stereocenters. The lowest BCUT2D eigenvalue weighted by Crippen LogP contribution is -2.41. The summed E-state index contributed by atoms with van der Waals surface area (Å²) in [5.41, 5.74) is 2.63. The van der Waals surface area contributed by atoms with E-state index < -0.39 is 0 Å². The molecule has 0 bridgehead atoms. The Balaban J connectivity index is 2.25. The second-order valence-corrected chi connectivity index (χ2v) is 7.97. The smallest absolute Gasteiger partial charge is 0.131 e. The van der Waals surface area contributed by atoms with Crippen LogP contribution in [0.25, 0.3) is 0 Å². The van der Waals surface area contributed by atoms with E-state index in [4.69, 9.17) is 0 Å². The van der Waals surface area contributed by atoms with Crippen molar-refractivity contribution in [2.45, 2.75) is 60.0 Å². The number of piperidine rings is 1. The Labute approximate surface area is 129 Å². The zero-order chi connectivity index (χ0) is 15.8. The fourth-order valence-electron chi connectivity index (χ4n) is 3.48. The van der Waals surface area contributed by atoms with E-state index in [0.717, 1.165) is 37.2 Å². The largest absolute Gasteiger partial charge is 0.356 e. The van der Waals surface area contributed by atoms with Crippen molar-refractivity contribution in [1.82, 2.24) is 15.1 Å². The summed E-state index contributed by atoms with van der Waals surface area (Å²) in [6.45, 7) is 16.7. The topological polar surface area (TPSA) is 33.1 Å². The molecule has 2 rings (SSSR count). The molecule has 1 saturated heterocycles. The van der Waals surface area contributed by atoms with Crippen LogP contribution in [-0.2, 0) is 13.6 Å². The van der Waals surface area contributed by atoms with Crippen LogP contribution in [0.1, 0.15) is 52.3 Å². The predicted octanol–water partition coefficient (Wildman–Crippen LogP) is 3.10. The Kier molecular flexibility index (Phi) is 4.66. The Bertz CT molecular complexity index is 474. The number of nitrogens with zero attached hydrogens (tertiary/aromatic N) is 3. The van der Waals surface area contributed by atoms with E-state index >= 15 is 0 Å². The molecule has 0 spiro atoms. The van der Waals surface area contributed by atoms with Gasteiger partial charge in [-0.05, 0) is 46.0 Å². The number of hydrogen-bond donors (Lipinski definition) is 1. The standard InChI is InChI=1S/C17H32N4/c1-12-8-13(2)11-21(10-12)16-15(9-18-17(4,5)6)14(3)19-20(16)7/h12-13,18H,8-11H2,1-7H3. The maximum absolute atomic E-state index is 4.67. The molecule has 2 atom stereocenters. The Hall–Kier alpha value is -1.03. The summed E-state index contributed by atoms with van der Waals surface area (Å²) in [5.74, 6) is 2.82. The number of nitrogens with one attached hydrogen (secondary N) is 1. The minimum absolute atomic E-state index is 0.127. The average molecular weight is 292 g/mol. The quantitative estimate of drug-likeness (QED) is 0.929. The van der Waals surface area contributed by atoms with Gasteiger partial charge in [0.1, 0.15) is 5.82 Å². The number of rotatable bonds is 3. The van der Waals surface area contributed by atoms with Crippen LogP contribution in [0.3, 0.4) is 0 Å². The first-order chi connectivity index (χ1) is 9.67. The van der Waals surface area contributed by atoms with Gasteiger partial charge in [0, 0.05) is 37.8 Å². The van der Waals surface area contributed by atoms with Gasteiger partial charge in [-0.3, -0.25) is 4.68 Å². The van der Waals surface area contributed by atoms with Crippen molar-refractivity contribution in [1.29, 1.82) is 0 Å². The van der Waals surface area contributed by atoms with Crippen molar-refractivity contribution in [3.8, 4) is 0 Å². The molecule has 120 valence electrons. The molecular weight excluding hydrogens is 260 g/mol. The van der Waals surface area contributed by atoms with Gasteiger partial charge in [-0.15, -0.1) is 0 Å². The maximum Gasteiger partial charge on any atom is 0.131 e. The van der Waals surface area contributed by atoms with Gasteiger partial charge in [0.2, 0.25) is 0 Å². The van der Waals surface area contributed by atoms with E-state index in [2.05, 4.69) is 68.6 Å². The molecule has 1 fully saturated rings. The van der Waals surface area contributed by atoms with E-state index in [9.17, 15) is 0 Å². The van der Waals surface area contributed by atoms with Crippen LogP contribution in [-0.4, -0.2) is 28.4 Å². The van der Waals surface area contributed by atoms with Crippen LogP contribution < -0.4 is 10.2 Å². The normalized spacial score (nSPS) is 23.7. The highest BCUT2D eigenvalue weighted by atomic mass is 15.4. The second-order valence-electron chi connectivity index (χ2n) is 7.97. The molecule has 2 heterocycles. The van der Waals surface area contributed by atoms with Crippen molar-refractivity contribution in [3.63, 3.8) is 0 Å². The Morgan fingerprint density at radius 2 is 1.76 bits per heavy atom. The first-order valence-electron chi connectivity index (χ1n) is 8.20. The number of aromatic nitrogens is 2. The lowest BCUT2D eigenvalue weighted by Gasteiger charge is -2.37. The molecule has 0 radical (unpaired) electrons. The highest BCUT2D eigenvalue weighted by Gasteiger charge is 2.27. The third-order valence-corrected chi connectivity index (χ3v) is 4.28. The molecule has 0 amide bonds. The third-order valence-electron chi connectivity index (χ3n) is 4.28. The summed E-state index contributed by atoms with van der Waals surface area (Å²) in [5, 5.41) is 8.29.